The summed E-state index contributed by atoms with van der Waals surface area (Å²) in [6, 6.07) is 12.2. The number of hydrogen-bond acceptors (Lipinski definition) is 8. The number of nitrogens with zero attached hydrogens (tertiary/aromatic N) is 4. The van der Waals surface area contributed by atoms with Crippen molar-refractivity contribution in [2.75, 3.05) is 38.0 Å². The number of ether oxygens (including phenoxy) is 3. The first-order chi connectivity index (χ1) is 27.4. The summed E-state index contributed by atoms with van der Waals surface area (Å²) < 4.78 is 42.2. The molecule has 1 saturated carbocycles. The van der Waals surface area contributed by atoms with Crippen molar-refractivity contribution in [2.24, 2.45) is 35.1 Å². The molecular weight excluding hydrogens is 762 g/mol. The van der Waals surface area contributed by atoms with E-state index in [-0.39, 0.29) is 52.8 Å². The van der Waals surface area contributed by atoms with Gasteiger partial charge >= 0.3 is 0 Å². The van der Waals surface area contributed by atoms with E-state index in [0.29, 0.717) is 23.8 Å². The third-order valence-electron chi connectivity index (χ3n) is 13.6. The van der Waals surface area contributed by atoms with Crippen molar-refractivity contribution < 1.29 is 28.0 Å². The fraction of sp³-hybridized carbons (Fsp3) is 0.568. The zero-order chi connectivity index (χ0) is 40.1. The maximum atomic E-state index is 15.1. The summed E-state index contributed by atoms with van der Waals surface area (Å²) in [4.78, 5) is 30.8. The number of hydrogen-bond donors (Lipinski definition) is 1. The Hall–Kier alpha value is -3.71. The molecule has 1 saturated heterocycles. The quantitative estimate of drug-likeness (QED) is 0.254. The van der Waals surface area contributed by atoms with Gasteiger partial charge in [0.15, 0.2) is 0 Å². The Morgan fingerprint density at radius 2 is 1.96 bits per heavy atom. The molecule has 8 rings (SSSR count). The molecule has 1 aromatic heterocycles. The summed E-state index contributed by atoms with van der Waals surface area (Å²) in [5.41, 5.74) is 5.32. The first-order valence-corrected chi connectivity index (χ1v) is 22.6. The number of halogens is 1. The maximum Gasteiger partial charge on any atom is 0.286 e. The zero-order valence-electron chi connectivity index (χ0n) is 33.6. The second kappa shape index (κ2) is 16.2. The zero-order valence-corrected chi connectivity index (χ0v) is 35.2. The van der Waals surface area contributed by atoms with Gasteiger partial charge in [0.25, 0.3) is 11.8 Å². The molecule has 2 aromatic carbocycles. The fourth-order valence-corrected chi connectivity index (χ4v) is 12.9. The number of methoxy groups -OCH3 is 2. The van der Waals surface area contributed by atoms with Crippen LogP contribution in [0.1, 0.15) is 95.7 Å². The number of aryl methyl sites for hydroxylation is 3. The Morgan fingerprint density at radius 3 is 2.72 bits per heavy atom. The van der Waals surface area contributed by atoms with E-state index >= 15 is 4.21 Å². The van der Waals surface area contributed by atoms with Gasteiger partial charge in [0, 0.05) is 55.1 Å². The minimum absolute atomic E-state index is 0.0279. The van der Waals surface area contributed by atoms with Gasteiger partial charge in [0.05, 0.1) is 31.2 Å². The Morgan fingerprint density at radius 1 is 1.12 bits per heavy atom. The standard InChI is InChI=1S/C44H56ClN5O6S/c1-6-8-34-20-32-22-39(54-4)35-14-12-31(35)23-50-26-44(17-7-9-29-19-33(45)13-15-37(29)44)18-16-28-10-11-30(21-38(28)50)41(51)47-57(53,25-27(2)40(32)56-34)48-42(52)36-24-49(3)46-43(36)55-5/h6,10-11,13,15,19,21,24,27,31-32,34-35,39-40H,1,7-9,12,14,16-18,20,22-23,25-26H2,2-5H3,(H,47,48,51,52,53)/t27-,31+,32-,34-,35-,39+,40-,44-,57+/m1/s1. The van der Waals surface area contributed by atoms with Gasteiger partial charge in [0.2, 0.25) is 5.88 Å². The summed E-state index contributed by atoms with van der Waals surface area (Å²) in [5, 5.41) is 4.98. The third kappa shape index (κ3) is 7.91. The molecular formula is C44H56ClN5O6S. The average molecular weight is 818 g/mol. The molecule has 2 bridgehead atoms. The van der Waals surface area contributed by atoms with Crippen LogP contribution in [0.25, 0.3) is 0 Å². The highest BCUT2D eigenvalue weighted by atomic mass is 35.5. The third-order valence-corrected chi connectivity index (χ3v) is 15.8. The Labute approximate surface area is 342 Å². The average Bonchev–Trinajstić information content (AvgIpc) is 3.72. The number of rotatable bonds is 6. The normalized spacial score (nSPS) is 32.5. The number of carbonyl (C=O) groups excluding carboxylic acids is 2. The van der Waals surface area contributed by atoms with Crippen molar-refractivity contribution >= 4 is 39.0 Å². The van der Waals surface area contributed by atoms with Gasteiger partial charge in [-0.1, -0.05) is 36.7 Å². The largest absolute Gasteiger partial charge is 0.479 e. The van der Waals surface area contributed by atoms with Crippen molar-refractivity contribution in [3.8, 4) is 5.88 Å². The predicted octanol–water partition coefficient (Wildman–Crippen LogP) is 7.49. The molecule has 3 aromatic rings. The highest BCUT2D eigenvalue weighted by Crippen LogP contribution is 2.49. The van der Waals surface area contributed by atoms with Crippen LogP contribution in [0.5, 0.6) is 5.88 Å². The first kappa shape index (κ1) is 40.1. The number of nitrogens with one attached hydrogen (secondary N) is 1. The molecule has 0 unspecified atom stereocenters. The van der Waals surface area contributed by atoms with Crippen molar-refractivity contribution in [3.05, 3.63) is 88.1 Å². The predicted molar refractivity (Wildman–Crippen MR) is 222 cm³/mol. The lowest BCUT2D eigenvalue weighted by molar-refractivity contribution is -0.0440. The monoisotopic (exact) mass is 817 g/mol. The second-order valence-electron chi connectivity index (χ2n) is 17.3. The maximum absolute atomic E-state index is 15.1. The summed E-state index contributed by atoms with van der Waals surface area (Å²) in [6.07, 6.45) is 12.7. The van der Waals surface area contributed by atoms with Gasteiger partial charge < -0.3 is 19.1 Å². The number of aromatic nitrogens is 2. The number of carbonyl (C=O) groups is 2. The fourth-order valence-electron chi connectivity index (χ4n) is 10.8. The Kier molecular flexibility index (Phi) is 11.4. The van der Waals surface area contributed by atoms with Crippen LogP contribution in [0.3, 0.4) is 0 Å². The SMILES string of the molecule is C=CC[C@@H]1C[C@@H]2C[C@H](OC)[C@@H]3CC[C@H]3CN3C[C@@]4(CCCc5cc(Cl)ccc54)CCc4ccc(cc43)C(=O)N=[S@](=O)(NC(=O)c3cn(C)nc3OC)C[C@@H](C)[C@H]2O1. The molecule has 57 heavy (non-hydrogen) atoms. The molecule has 306 valence electrons. The van der Waals surface area contributed by atoms with E-state index in [0.717, 1.165) is 81.6 Å². The summed E-state index contributed by atoms with van der Waals surface area (Å²) >= 11 is 6.54. The smallest absolute Gasteiger partial charge is 0.286 e. The Balaban J connectivity index is 1.23. The van der Waals surface area contributed by atoms with Crippen LogP contribution < -0.4 is 14.4 Å². The molecule has 9 atom stereocenters. The molecule has 3 aliphatic heterocycles. The van der Waals surface area contributed by atoms with Gasteiger partial charge in [-0.25, -0.2) is 4.21 Å². The lowest BCUT2D eigenvalue weighted by atomic mass is 9.66. The molecule has 1 N–H and O–H groups in total. The van der Waals surface area contributed by atoms with Crippen molar-refractivity contribution in [1.82, 2.24) is 14.5 Å². The van der Waals surface area contributed by atoms with E-state index in [1.165, 1.54) is 34.7 Å². The van der Waals surface area contributed by atoms with E-state index in [9.17, 15) is 9.59 Å². The topological polar surface area (TPSA) is 124 Å². The van der Waals surface area contributed by atoms with Crippen molar-refractivity contribution in [3.63, 3.8) is 0 Å². The van der Waals surface area contributed by atoms with Crippen LogP contribution in [-0.4, -0.2) is 77.2 Å². The lowest BCUT2D eigenvalue weighted by Gasteiger charge is -2.47. The van der Waals surface area contributed by atoms with Crippen LogP contribution in [-0.2, 0) is 44.7 Å². The number of fused-ring (bicyclic) bond motifs is 5. The highest BCUT2D eigenvalue weighted by molar-refractivity contribution is 7.92. The molecule has 2 aliphatic carbocycles. The lowest BCUT2D eigenvalue weighted by Crippen LogP contribution is -2.49. The minimum atomic E-state index is -3.70. The Bertz CT molecular complexity index is 2170. The molecule has 11 nitrogen and oxygen atoms in total. The van der Waals surface area contributed by atoms with Gasteiger partial charge in [-0.15, -0.1) is 16.0 Å². The number of benzene rings is 2. The molecule has 2 amide bonds. The molecule has 0 radical (unpaired) electrons. The first-order valence-electron chi connectivity index (χ1n) is 20.6. The van der Waals surface area contributed by atoms with Gasteiger partial charge in [0.1, 0.15) is 15.5 Å². The van der Waals surface area contributed by atoms with Crippen molar-refractivity contribution in [2.45, 2.75) is 94.9 Å². The van der Waals surface area contributed by atoms with E-state index in [2.05, 4.69) is 43.9 Å². The van der Waals surface area contributed by atoms with Crippen LogP contribution >= 0.6 is 11.6 Å². The van der Waals surface area contributed by atoms with Gasteiger partial charge in [-0.2, -0.15) is 0 Å². The van der Waals surface area contributed by atoms with Crippen LogP contribution in [0, 0.1) is 23.7 Å². The molecule has 13 heteroatoms. The van der Waals surface area contributed by atoms with Gasteiger partial charge in [-0.3, -0.25) is 19.0 Å². The van der Waals surface area contributed by atoms with Crippen LogP contribution in [0.15, 0.2) is 59.6 Å². The molecule has 4 heterocycles. The van der Waals surface area contributed by atoms with E-state index < -0.39 is 21.7 Å². The van der Waals surface area contributed by atoms with E-state index in [1.54, 1.807) is 13.1 Å². The van der Waals surface area contributed by atoms with Gasteiger partial charge in [-0.05, 0) is 129 Å². The summed E-state index contributed by atoms with van der Waals surface area (Å²) in [5.74, 6) is -0.723. The minimum Gasteiger partial charge on any atom is -0.479 e. The molecule has 5 aliphatic rings. The molecule has 2 fully saturated rings. The number of amides is 2. The summed E-state index contributed by atoms with van der Waals surface area (Å²) in [7, 11) is 1.23. The highest BCUT2D eigenvalue weighted by Gasteiger charge is 2.47. The molecule has 1 spiro atoms. The summed E-state index contributed by atoms with van der Waals surface area (Å²) in [6.45, 7) is 7.62. The van der Waals surface area contributed by atoms with Crippen molar-refractivity contribution in [1.29, 1.82) is 0 Å². The van der Waals surface area contributed by atoms with Crippen LogP contribution in [0.2, 0.25) is 5.02 Å². The van der Waals surface area contributed by atoms with Crippen LogP contribution in [0.4, 0.5) is 5.69 Å². The second-order valence-corrected chi connectivity index (χ2v) is 19.7. The van der Waals surface area contributed by atoms with E-state index in [1.807, 2.05) is 32.2 Å². The number of anilines is 1. The van der Waals surface area contributed by atoms with E-state index in [4.69, 9.17) is 25.8 Å².